The smallest absolute Gasteiger partial charge is 0.0462 e. The van der Waals surface area contributed by atoms with Gasteiger partial charge in [-0.3, -0.25) is 0 Å². The lowest BCUT2D eigenvalue weighted by atomic mass is 9.94. The van der Waals surface area contributed by atoms with E-state index < -0.39 is 0 Å². The van der Waals surface area contributed by atoms with Gasteiger partial charge in [-0.2, -0.15) is 0 Å². The Labute approximate surface area is 96.0 Å². The minimum absolute atomic E-state index is 0.146. The Morgan fingerprint density at radius 2 is 2.20 bits per heavy atom. The van der Waals surface area contributed by atoms with Gasteiger partial charge in [0.05, 0.1) is 0 Å². The van der Waals surface area contributed by atoms with Crippen LogP contribution in [0.15, 0.2) is 12.1 Å². The molecule has 1 aromatic carbocycles. The average Bonchev–Trinajstić information content (AvgIpc) is 2.51. The molecular weight excluding hydrogens is 208 g/mol. The van der Waals surface area contributed by atoms with Crippen LogP contribution in [-0.2, 0) is 0 Å². The van der Waals surface area contributed by atoms with E-state index in [-0.39, 0.29) is 6.04 Å². The second kappa shape index (κ2) is 3.69. The highest BCUT2D eigenvalue weighted by molar-refractivity contribution is 6.32. The lowest BCUT2D eigenvalue weighted by Gasteiger charge is -2.16. The van der Waals surface area contributed by atoms with Crippen molar-refractivity contribution in [2.24, 2.45) is 5.73 Å². The Morgan fingerprint density at radius 3 is 2.80 bits per heavy atom. The molecule has 0 spiro atoms. The number of nitrogens with two attached hydrogens (primary N) is 1. The second-order valence-electron chi connectivity index (χ2n) is 4.47. The summed E-state index contributed by atoms with van der Waals surface area (Å²) in [5.41, 5.74) is 9.79. The standard InChI is InChI=1S/C12H17ClN2/c1-7-4-5-10(13)11-9(8(2)14)6-15(3)12(7)11/h4-5,8-9H,6,14H2,1-3H3. The van der Waals surface area contributed by atoms with Gasteiger partial charge in [-0.1, -0.05) is 17.7 Å². The molecule has 2 N–H and O–H groups in total. The SMILES string of the molecule is Cc1ccc(Cl)c2c1N(C)CC2C(C)N. The number of nitrogens with zero attached hydrogens (tertiary/aromatic N) is 1. The molecule has 0 saturated heterocycles. The Morgan fingerprint density at radius 1 is 1.53 bits per heavy atom. The van der Waals surface area contributed by atoms with E-state index in [4.69, 9.17) is 17.3 Å². The first-order valence-corrected chi connectivity index (χ1v) is 5.66. The molecule has 15 heavy (non-hydrogen) atoms. The normalized spacial score (nSPS) is 21.7. The molecule has 1 aliphatic rings. The molecule has 3 heteroatoms. The van der Waals surface area contributed by atoms with Gasteiger partial charge in [0.2, 0.25) is 0 Å². The fourth-order valence-corrected chi connectivity index (χ4v) is 2.75. The molecule has 2 rings (SSSR count). The fourth-order valence-electron chi connectivity index (χ4n) is 2.46. The number of fused-ring (bicyclic) bond motifs is 1. The minimum Gasteiger partial charge on any atom is -0.373 e. The Hall–Kier alpha value is -0.730. The molecule has 1 heterocycles. The van der Waals surface area contributed by atoms with Gasteiger partial charge < -0.3 is 10.6 Å². The number of rotatable bonds is 1. The maximum absolute atomic E-state index is 6.26. The second-order valence-corrected chi connectivity index (χ2v) is 4.88. The zero-order valence-electron chi connectivity index (χ0n) is 9.42. The van der Waals surface area contributed by atoms with Crippen LogP contribution in [-0.4, -0.2) is 19.6 Å². The van der Waals surface area contributed by atoms with Crippen LogP contribution in [0.4, 0.5) is 5.69 Å². The third-order valence-corrected chi connectivity index (χ3v) is 3.55. The van der Waals surface area contributed by atoms with Gasteiger partial charge in [-0.25, -0.2) is 0 Å². The monoisotopic (exact) mass is 224 g/mol. The van der Waals surface area contributed by atoms with Crippen molar-refractivity contribution in [2.75, 3.05) is 18.5 Å². The van der Waals surface area contributed by atoms with E-state index in [0.29, 0.717) is 5.92 Å². The summed E-state index contributed by atoms with van der Waals surface area (Å²) < 4.78 is 0. The number of aryl methyl sites for hydroxylation is 1. The van der Waals surface area contributed by atoms with Crippen molar-refractivity contribution >= 4 is 17.3 Å². The Balaban J connectivity index is 2.59. The zero-order chi connectivity index (χ0) is 11.2. The van der Waals surface area contributed by atoms with Gasteiger partial charge in [0.1, 0.15) is 0 Å². The highest BCUT2D eigenvalue weighted by atomic mass is 35.5. The van der Waals surface area contributed by atoms with Gasteiger partial charge in [0.15, 0.2) is 0 Å². The summed E-state index contributed by atoms with van der Waals surface area (Å²) in [6.45, 7) is 5.14. The summed E-state index contributed by atoms with van der Waals surface area (Å²) in [7, 11) is 2.10. The van der Waals surface area contributed by atoms with Crippen molar-refractivity contribution in [3.05, 3.63) is 28.3 Å². The molecule has 0 radical (unpaired) electrons. The van der Waals surface area contributed by atoms with Crippen LogP contribution in [0.5, 0.6) is 0 Å². The number of benzene rings is 1. The zero-order valence-corrected chi connectivity index (χ0v) is 10.2. The van der Waals surface area contributed by atoms with Gasteiger partial charge in [-0.05, 0) is 25.5 Å². The molecule has 1 aromatic rings. The molecule has 1 aliphatic heterocycles. The van der Waals surface area contributed by atoms with E-state index >= 15 is 0 Å². The van der Waals surface area contributed by atoms with E-state index in [1.54, 1.807) is 0 Å². The Bertz CT molecular complexity index is 387. The molecular formula is C12H17ClN2. The molecule has 0 aliphatic carbocycles. The highest BCUT2D eigenvalue weighted by Gasteiger charge is 2.32. The number of anilines is 1. The third-order valence-electron chi connectivity index (χ3n) is 3.22. The van der Waals surface area contributed by atoms with Crippen molar-refractivity contribution in [1.82, 2.24) is 0 Å². The number of likely N-dealkylation sites (N-methyl/N-ethyl adjacent to an activating group) is 1. The van der Waals surface area contributed by atoms with Crippen molar-refractivity contribution in [1.29, 1.82) is 0 Å². The lowest BCUT2D eigenvalue weighted by molar-refractivity contribution is 0.594. The number of hydrogen-bond acceptors (Lipinski definition) is 2. The van der Waals surface area contributed by atoms with Crippen LogP contribution in [0.2, 0.25) is 5.02 Å². The molecule has 0 amide bonds. The van der Waals surface area contributed by atoms with Crippen LogP contribution in [0.25, 0.3) is 0 Å². The van der Waals surface area contributed by atoms with E-state index in [1.165, 1.54) is 16.8 Å². The Kier molecular flexibility index (Phi) is 2.65. The van der Waals surface area contributed by atoms with Crippen LogP contribution >= 0.6 is 11.6 Å². The molecule has 0 bridgehead atoms. The molecule has 2 atom stereocenters. The van der Waals surface area contributed by atoms with Crippen molar-refractivity contribution < 1.29 is 0 Å². The maximum atomic E-state index is 6.26. The van der Waals surface area contributed by atoms with E-state index in [0.717, 1.165) is 11.6 Å². The van der Waals surface area contributed by atoms with E-state index in [1.807, 2.05) is 13.0 Å². The highest BCUT2D eigenvalue weighted by Crippen LogP contribution is 2.43. The first kappa shape index (κ1) is 10.8. The topological polar surface area (TPSA) is 29.3 Å². The number of hydrogen-bond donors (Lipinski definition) is 1. The molecule has 0 aromatic heterocycles. The number of halogens is 1. The van der Waals surface area contributed by atoms with Crippen LogP contribution in [0, 0.1) is 6.92 Å². The first-order chi connectivity index (χ1) is 7.02. The summed E-state index contributed by atoms with van der Waals surface area (Å²) in [6, 6.07) is 4.19. The van der Waals surface area contributed by atoms with Gasteiger partial charge in [-0.15, -0.1) is 0 Å². The van der Waals surface area contributed by atoms with E-state index in [2.05, 4.69) is 24.9 Å². The quantitative estimate of drug-likeness (QED) is 0.795. The fraction of sp³-hybridized carbons (Fsp3) is 0.500. The molecule has 2 nitrogen and oxygen atoms in total. The summed E-state index contributed by atoms with van der Waals surface area (Å²) in [6.07, 6.45) is 0. The van der Waals surface area contributed by atoms with Gasteiger partial charge in [0, 0.05) is 41.8 Å². The third kappa shape index (κ3) is 1.62. The summed E-state index contributed by atoms with van der Waals surface area (Å²) in [5, 5.41) is 0.849. The summed E-state index contributed by atoms with van der Waals surface area (Å²) in [5.74, 6) is 0.359. The largest absolute Gasteiger partial charge is 0.373 e. The molecule has 0 saturated carbocycles. The minimum atomic E-state index is 0.146. The van der Waals surface area contributed by atoms with Crippen LogP contribution < -0.4 is 10.6 Å². The van der Waals surface area contributed by atoms with Crippen molar-refractivity contribution in [3.8, 4) is 0 Å². The van der Waals surface area contributed by atoms with Gasteiger partial charge >= 0.3 is 0 Å². The van der Waals surface area contributed by atoms with Crippen LogP contribution in [0.3, 0.4) is 0 Å². The molecule has 2 unspecified atom stereocenters. The average molecular weight is 225 g/mol. The maximum Gasteiger partial charge on any atom is 0.0462 e. The van der Waals surface area contributed by atoms with Crippen LogP contribution in [0.1, 0.15) is 24.0 Å². The predicted octanol–water partition coefficient (Wildman–Crippen LogP) is 2.53. The molecule has 82 valence electrons. The molecule has 0 fully saturated rings. The predicted molar refractivity (Wildman–Crippen MR) is 65.8 cm³/mol. The van der Waals surface area contributed by atoms with Crippen molar-refractivity contribution in [3.63, 3.8) is 0 Å². The summed E-state index contributed by atoms with van der Waals surface area (Å²) >= 11 is 6.26. The van der Waals surface area contributed by atoms with Crippen molar-refractivity contribution in [2.45, 2.75) is 25.8 Å². The summed E-state index contributed by atoms with van der Waals surface area (Å²) in [4.78, 5) is 2.25. The first-order valence-electron chi connectivity index (χ1n) is 5.28. The lowest BCUT2D eigenvalue weighted by Crippen LogP contribution is -2.28. The van der Waals surface area contributed by atoms with E-state index in [9.17, 15) is 0 Å². The van der Waals surface area contributed by atoms with Gasteiger partial charge in [0.25, 0.3) is 0 Å².